The van der Waals surface area contributed by atoms with Gasteiger partial charge in [-0.2, -0.15) is 4.40 Å². The molecule has 88 valence electrons. The number of halogens is 1. The summed E-state index contributed by atoms with van der Waals surface area (Å²) in [5.41, 5.74) is 1.43. The number of pyridine rings is 1. The molecule has 0 saturated heterocycles. The highest BCUT2D eigenvalue weighted by atomic mass is 79.9. The lowest BCUT2D eigenvalue weighted by Crippen LogP contribution is -2.20. The number of rotatable bonds is 2. The highest BCUT2D eigenvalue weighted by Crippen LogP contribution is 2.15. The molecule has 0 fully saturated rings. The summed E-state index contributed by atoms with van der Waals surface area (Å²) in [6, 6.07) is 3.70. The Morgan fingerprint density at radius 1 is 1.50 bits per heavy atom. The minimum atomic E-state index is -1.24. The zero-order chi connectivity index (χ0) is 12.3. The van der Waals surface area contributed by atoms with Crippen molar-refractivity contribution >= 4 is 32.6 Å². The molecule has 0 spiro atoms. The summed E-state index contributed by atoms with van der Waals surface area (Å²) in [6.45, 7) is 7.51. The monoisotopic (exact) mass is 302 g/mol. The van der Waals surface area contributed by atoms with Gasteiger partial charge in [-0.25, -0.2) is 4.21 Å². The van der Waals surface area contributed by atoms with Crippen molar-refractivity contribution in [2.24, 2.45) is 4.40 Å². The third-order valence-electron chi connectivity index (χ3n) is 1.84. The molecule has 0 aliphatic rings. The molecule has 0 aliphatic carbocycles. The molecule has 1 atom stereocenters. The van der Waals surface area contributed by atoms with Gasteiger partial charge in [0.05, 0.1) is 16.2 Å². The molecule has 3 nitrogen and oxygen atoms in total. The first kappa shape index (κ1) is 13.5. The zero-order valence-electron chi connectivity index (χ0n) is 9.82. The molecule has 1 rings (SSSR count). The molecule has 0 aromatic carbocycles. The smallest absolute Gasteiger partial charge is 0.145 e. The van der Waals surface area contributed by atoms with Gasteiger partial charge in [0.25, 0.3) is 0 Å². The molecule has 0 saturated carbocycles. The van der Waals surface area contributed by atoms with Crippen molar-refractivity contribution in [3.05, 3.63) is 28.5 Å². The van der Waals surface area contributed by atoms with E-state index in [0.717, 1.165) is 10.2 Å². The van der Waals surface area contributed by atoms with Crippen LogP contribution in [0.15, 0.2) is 27.2 Å². The second-order valence-corrected chi connectivity index (χ2v) is 7.22. The Morgan fingerprint density at radius 3 is 2.62 bits per heavy atom. The molecule has 1 unspecified atom stereocenters. The fourth-order valence-corrected chi connectivity index (χ4v) is 1.86. The van der Waals surface area contributed by atoms with Crippen LogP contribution in [-0.4, -0.2) is 19.7 Å². The Morgan fingerprint density at radius 2 is 2.12 bits per heavy atom. The highest BCUT2D eigenvalue weighted by Gasteiger charge is 2.19. The molecule has 1 heterocycles. The van der Waals surface area contributed by atoms with Gasteiger partial charge in [-0.1, -0.05) is 15.9 Å². The van der Waals surface area contributed by atoms with Crippen LogP contribution >= 0.6 is 15.9 Å². The molecule has 0 bridgehead atoms. The molecule has 1 aromatic heterocycles. The lowest BCUT2D eigenvalue weighted by Gasteiger charge is -2.13. The summed E-state index contributed by atoms with van der Waals surface area (Å²) in [4.78, 5) is 4.18. The standard InChI is InChI=1S/C11H15BrN2OS/c1-8(14-16(15)11(2,3)4)10-7-9(12)5-6-13-10/h5-7H,1-4H3. The average Bonchev–Trinajstić information content (AvgIpc) is 2.16. The van der Waals surface area contributed by atoms with Gasteiger partial charge in [0.1, 0.15) is 11.0 Å². The van der Waals surface area contributed by atoms with Crippen molar-refractivity contribution in [1.82, 2.24) is 4.98 Å². The molecule has 16 heavy (non-hydrogen) atoms. The van der Waals surface area contributed by atoms with E-state index in [1.807, 2.05) is 39.8 Å². The lowest BCUT2D eigenvalue weighted by atomic mass is 10.3. The maximum atomic E-state index is 11.8. The first-order chi connectivity index (χ1) is 7.30. The summed E-state index contributed by atoms with van der Waals surface area (Å²) in [7, 11) is -1.24. The van der Waals surface area contributed by atoms with Gasteiger partial charge in [-0.15, -0.1) is 0 Å². The van der Waals surface area contributed by atoms with Gasteiger partial charge in [0.15, 0.2) is 0 Å². The van der Waals surface area contributed by atoms with Crippen molar-refractivity contribution in [3.8, 4) is 0 Å². The molecule has 0 radical (unpaired) electrons. The van der Waals surface area contributed by atoms with Crippen molar-refractivity contribution in [2.45, 2.75) is 32.4 Å². The Kier molecular flexibility index (Phi) is 4.38. The first-order valence-electron chi connectivity index (χ1n) is 4.90. The van der Waals surface area contributed by atoms with Crippen LogP contribution in [0.5, 0.6) is 0 Å². The van der Waals surface area contributed by atoms with Crippen molar-refractivity contribution < 1.29 is 4.21 Å². The second kappa shape index (κ2) is 5.19. The van der Waals surface area contributed by atoms with Crippen LogP contribution in [0.2, 0.25) is 0 Å². The van der Waals surface area contributed by atoms with E-state index < -0.39 is 11.0 Å². The molecule has 5 heteroatoms. The Hall–Kier alpha value is -0.550. The summed E-state index contributed by atoms with van der Waals surface area (Å²) in [5, 5.41) is 0. The summed E-state index contributed by atoms with van der Waals surface area (Å²) >= 11 is 3.37. The average molecular weight is 303 g/mol. The number of hydrogen-bond acceptors (Lipinski definition) is 2. The fourth-order valence-electron chi connectivity index (χ4n) is 0.911. The first-order valence-corrected chi connectivity index (χ1v) is 6.80. The summed E-state index contributed by atoms with van der Waals surface area (Å²) in [5.74, 6) is 0. The molecular formula is C11H15BrN2OS. The minimum Gasteiger partial charge on any atom is -0.255 e. The van der Waals surface area contributed by atoms with Gasteiger partial charge in [0, 0.05) is 10.7 Å². The van der Waals surface area contributed by atoms with Gasteiger partial charge in [-0.3, -0.25) is 4.98 Å². The highest BCUT2D eigenvalue weighted by molar-refractivity contribution is 9.10. The topological polar surface area (TPSA) is 42.3 Å². The number of nitrogens with zero attached hydrogens (tertiary/aromatic N) is 2. The van der Waals surface area contributed by atoms with Crippen LogP contribution < -0.4 is 0 Å². The van der Waals surface area contributed by atoms with E-state index >= 15 is 0 Å². The lowest BCUT2D eigenvalue weighted by molar-refractivity contribution is 0.650. The third-order valence-corrected chi connectivity index (χ3v) is 3.82. The number of aromatic nitrogens is 1. The van der Waals surface area contributed by atoms with Gasteiger partial charge in [0.2, 0.25) is 0 Å². The van der Waals surface area contributed by atoms with Crippen LogP contribution in [0.3, 0.4) is 0 Å². The van der Waals surface area contributed by atoms with Crippen LogP contribution in [0.25, 0.3) is 0 Å². The van der Waals surface area contributed by atoms with Crippen LogP contribution in [0, 0.1) is 0 Å². The maximum absolute atomic E-state index is 11.8. The second-order valence-electron chi connectivity index (χ2n) is 4.40. The largest absolute Gasteiger partial charge is 0.255 e. The quantitative estimate of drug-likeness (QED) is 0.788. The molecule has 0 aliphatic heterocycles. The van der Waals surface area contributed by atoms with E-state index in [-0.39, 0.29) is 4.75 Å². The van der Waals surface area contributed by atoms with Crippen LogP contribution in [0.1, 0.15) is 33.4 Å². The van der Waals surface area contributed by atoms with E-state index in [1.165, 1.54) is 0 Å². The summed E-state index contributed by atoms with van der Waals surface area (Å²) in [6.07, 6.45) is 1.69. The van der Waals surface area contributed by atoms with E-state index in [0.29, 0.717) is 5.71 Å². The normalized spacial score (nSPS) is 14.9. The van der Waals surface area contributed by atoms with Crippen molar-refractivity contribution in [3.63, 3.8) is 0 Å². The maximum Gasteiger partial charge on any atom is 0.145 e. The zero-order valence-corrected chi connectivity index (χ0v) is 12.2. The predicted octanol–water partition coefficient (Wildman–Crippen LogP) is 3.12. The minimum absolute atomic E-state index is 0.340. The van der Waals surface area contributed by atoms with Crippen molar-refractivity contribution in [1.29, 1.82) is 0 Å². The molecule has 0 amide bonds. The van der Waals surface area contributed by atoms with Crippen LogP contribution in [-0.2, 0) is 11.0 Å². The van der Waals surface area contributed by atoms with Crippen molar-refractivity contribution in [2.75, 3.05) is 0 Å². The van der Waals surface area contributed by atoms with E-state index in [1.54, 1.807) is 6.20 Å². The van der Waals surface area contributed by atoms with E-state index in [9.17, 15) is 4.21 Å². The van der Waals surface area contributed by atoms with Gasteiger partial charge >= 0.3 is 0 Å². The van der Waals surface area contributed by atoms with E-state index in [2.05, 4.69) is 25.3 Å². The summed E-state index contributed by atoms with van der Waals surface area (Å²) < 4.78 is 16.6. The Bertz CT molecular complexity index is 438. The van der Waals surface area contributed by atoms with E-state index in [4.69, 9.17) is 0 Å². The number of hydrogen-bond donors (Lipinski definition) is 0. The third kappa shape index (κ3) is 3.79. The SMILES string of the molecule is CC(=NS(=O)C(C)(C)C)c1cc(Br)ccn1. The van der Waals surface area contributed by atoms with Gasteiger partial charge in [-0.05, 0) is 39.8 Å². The Labute approximate surface area is 107 Å². The fraction of sp³-hybridized carbons (Fsp3) is 0.455. The van der Waals surface area contributed by atoms with Crippen LogP contribution in [0.4, 0.5) is 0 Å². The molecule has 0 N–H and O–H groups in total. The molecule has 1 aromatic rings. The molecular weight excluding hydrogens is 288 g/mol. The van der Waals surface area contributed by atoms with Gasteiger partial charge < -0.3 is 0 Å². The predicted molar refractivity (Wildman–Crippen MR) is 72.0 cm³/mol. The Balaban J connectivity index is 2.99.